The predicted octanol–water partition coefficient (Wildman–Crippen LogP) is 5.36. The van der Waals surface area contributed by atoms with Crippen molar-refractivity contribution < 1.29 is 31.8 Å². The molecule has 1 N–H and O–H groups in total. The van der Waals surface area contributed by atoms with Gasteiger partial charge in [-0.05, 0) is 67.1 Å². The van der Waals surface area contributed by atoms with E-state index in [1.54, 1.807) is 65.5 Å². The van der Waals surface area contributed by atoms with Crippen molar-refractivity contribution in [3.05, 3.63) is 84.3 Å². The van der Waals surface area contributed by atoms with Crippen LogP contribution in [0.1, 0.15) is 18.6 Å². The maximum Gasteiger partial charge on any atom is 0.471 e. The summed E-state index contributed by atoms with van der Waals surface area (Å²) < 4.78 is 64.8. The number of amides is 1. The number of nitrogens with one attached hydrogen (secondary N) is 1. The Morgan fingerprint density at radius 3 is 2.46 bits per heavy atom. The summed E-state index contributed by atoms with van der Waals surface area (Å²) in [6.45, 7) is 1.43. The largest absolute Gasteiger partial charge is 0.497 e. The molecule has 6 nitrogen and oxygen atoms in total. The number of methoxy groups -OCH3 is 1. The molecular weight excluding hydrogens is 466 g/mol. The average molecular weight is 487 g/mol. The van der Waals surface area contributed by atoms with Gasteiger partial charge in [-0.2, -0.15) is 18.3 Å². The molecule has 1 amide bonds. The number of hydrogen-bond donors (Lipinski definition) is 1. The molecule has 0 bridgehead atoms. The number of ether oxygens (including phenoxy) is 2. The van der Waals surface area contributed by atoms with Crippen LogP contribution < -0.4 is 14.8 Å². The van der Waals surface area contributed by atoms with E-state index in [4.69, 9.17) is 9.47 Å². The zero-order valence-corrected chi connectivity index (χ0v) is 18.7. The van der Waals surface area contributed by atoms with Gasteiger partial charge in [0, 0.05) is 5.39 Å². The van der Waals surface area contributed by atoms with Crippen molar-refractivity contribution in [2.75, 3.05) is 7.11 Å². The van der Waals surface area contributed by atoms with E-state index in [9.17, 15) is 22.4 Å². The molecule has 0 aliphatic rings. The minimum Gasteiger partial charge on any atom is -0.497 e. The van der Waals surface area contributed by atoms with E-state index in [2.05, 4.69) is 5.10 Å². The van der Waals surface area contributed by atoms with Gasteiger partial charge in [0.2, 0.25) is 0 Å². The molecule has 2 atom stereocenters. The standard InChI is InChI=1S/C25H21F4N3O3/c1-15(31-24(33)25(27,28)29)23(16-4-3-5-20(12-16)34-2)35-21-10-11-22-17(13-21)14-30-32(22)19-8-6-18(26)7-9-19/h3-15,23H,1-2H3,(H,31,33). The second kappa shape index (κ2) is 9.65. The van der Waals surface area contributed by atoms with Crippen molar-refractivity contribution in [2.45, 2.75) is 25.2 Å². The lowest BCUT2D eigenvalue weighted by Crippen LogP contribution is -2.45. The molecule has 4 aromatic rings. The van der Waals surface area contributed by atoms with Gasteiger partial charge in [0.05, 0.1) is 30.6 Å². The molecular formula is C25H21F4N3O3. The fraction of sp³-hybridized carbons (Fsp3) is 0.200. The van der Waals surface area contributed by atoms with Gasteiger partial charge < -0.3 is 14.8 Å². The number of nitrogens with zero attached hydrogens (tertiary/aromatic N) is 2. The molecule has 0 radical (unpaired) electrons. The summed E-state index contributed by atoms with van der Waals surface area (Å²) in [5, 5.41) is 7.00. The fourth-order valence-electron chi connectivity index (χ4n) is 3.66. The van der Waals surface area contributed by atoms with Crippen molar-refractivity contribution in [1.29, 1.82) is 0 Å². The second-order valence-corrected chi connectivity index (χ2v) is 7.83. The summed E-state index contributed by atoms with van der Waals surface area (Å²) in [6, 6.07) is 16.6. The molecule has 1 heterocycles. The highest BCUT2D eigenvalue weighted by Crippen LogP contribution is 2.31. The van der Waals surface area contributed by atoms with Crippen LogP contribution in [0.4, 0.5) is 17.6 Å². The van der Waals surface area contributed by atoms with Gasteiger partial charge in [0.25, 0.3) is 0 Å². The highest BCUT2D eigenvalue weighted by atomic mass is 19.4. The fourth-order valence-corrected chi connectivity index (χ4v) is 3.66. The Kier molecular flexibility index (Phi) is 6.63. The monoisotopic (exact) mass is 487 g/mol. The average Bonchev–Trinajstić information content (AvgIpc) is 3.25. The number of alkyl halides is 3. The van der Waals surface area contributed by atoms with Crippen molar-refractivity contribution in [2.24, 2.45) is 0 Å². The number of rotatable bonds is 7. The van der Waals surface area contributed by atoms with Gasteiger partial charge in [0.1, 0.15) is 23.4 Å². The SMILES string of the molecule is COc1cccc(C(Oc2ccc3c(cnn3-c3ccc(F)cc3)c2)C(C)NC(=O)C(F)(F)F)c1. The minimum atomic E-state index is -5.03. The van der Waals surface area contributed by atoms with Crippen LogP contribution in [0.3, 0.4) is 0 Å². The van der Waals surface area contributed by atoms with Crippen LogP contribution in [-0.2, 0) is 4.79 Å². The Labute approximate surface area is 198 Å². The third-order valence-corrected chi connectivity index (χ3v) is 5.37. The van der Waals surface area contributed by atoms with Crippen LogP contribution in [0.25, 0.3) is 16.6 Å². The van der Waals surface area contributed by atoms with Crippen LogP contribution in [-0.4, -0.2) is 35.0 Å². The van der Waals surface area contributed by atoms with Crippen LogP contribution in [0, 0.1) is 5.82 Å². The first-order chi connectivity index (χ1) is 16.7. The zero-order valence-electron chi connectivity index (χ0n) is 18.7. The maximum atomic E-state index is 13.3. The van der Waals surface area contributed by atoms with Crippen molar-refractivity contribution in [3.8, 4) is 17.2 Å². The van der Waals surface area contributed by atoms with Gasteiger partial charge in [0.15, 0.2) is 0 Å². The summed E-state index contributed by atoms with van der Waals surface area (Å²) in [4.78, 5) is 11.6. The molecule has 0 aliphatic heterocycles. The van der Waals surface area contributed by atoms with Gasteiger partial charge in [-0.15, -0.1) is 0 Å². The van der Waals surface area contributed by atoms with Crippen molar-refractivity contribution in [1.82, 2.24) is 15.1 Å². The molecule has 0 saturated carbocycles. The van der Waals surface area contributed by atoms with E-state index in [0.717, 1.165) is 5.52 Å². The lowest BCUT2D eigenvalue weighted by atomic mass is 10.0. The molecule has 35 heavy (non-hydrogen) atoms. The van der Waals surface area contributed by atoms with Crippen LogP contribution in [0.2, 0.25) is 0 Å². The third-order valence-electron chi connectivity index (χ3n) is 5.37. The van der Waals surface area contributed by atoms with Gasteiger partial charge >= 0.3 is 12.1 Å². The second-order valence-electron chi connectivity index (χ2n) is 7.83. The first-order valence-electron chi connectivity index (χ1n) is 10.6. The smallest absolute Gasteiger partial charge is 0.471 e. The van der Waals surface area contributed by atoms with Crippen LogP contribution in [0.5, 0.6) is 11.5 Å². The van der Waals surface area contributed by atoms with E-state index in [0.29, 0.717) is 28.1 Å². The molecule has 1 aromatic heterocycles. The summed E-state index contributed by atoms with van der Waals surface area (Å²) >= 11 is 0. The highest BCUT2D eigenvalue weighted by molar-refractivity contribution is 5.82. The number of aromatic nitrogens is 2. The van der Waals surface area contributed by atoms with E-state index < -0.39 is 24.2 Å². The number of hydrogen-bond acceptors (Lipinski definition) is 4. The molecule has 182 valence electrons. The predicted molar refractivity (Wildman–Crippen MR) is 121 cm³/mol. The molecule has 10 heteroatoms. The Hall–Kier alpha value is -4.08. The molecule has 0 spiro atoms. The Balaban J connectivity index is 1.65. The number of fused-ring (bicyclic) bond motifs is 1. The van der Waals surface area contributed by atoms with E-state index in [-0.39, 0.29) is 5.82 Å². The normalized spacial score (nSPS) is 13.3. The number of benzene rings is 3. The quantitative estimate of drug-likeness (QED) is 0.357. The van der Waals surface area contributed by atoms with Gasteiger partial charge in [-0.1, -0.05) is 12.1 Å². The van der Waals surface area contributed by atoms with Crippen LogP contribution in [0.15, 0.2) is 72.9 Å². The molecule has 4 rings (SSSR count). The molecule has 3 aromatic carbocycles. The Morgan fingerprint density at radius 2 is 1.77 bits per heavy atom. The Morgan fingerprint density at radius 1 is 1.03 bits per heavy atom. The Bertz CT molecular complexity index is 1340. The van der Waals surface area contributed by atoms with Gasteiger partial charge in [-0.3, -0.25) is 4.79 Å². The van der Waals surface area contributed by atoms with Crippen molar-refractivity contribution >= 4 is 16.8 Å². The lowest BCUT2D eigenvalue weighted by molar-refractivity contribution is -0.174. The topological polar surface area (TPSA) is 65.4 Å². The molecule has 0 saturated heterocycles. The van der Waals surface area contributed by atoms with E-state index >= 15 is 0 Å². The summed E-state index contributed by atoms with van der Waals surface area (Å²) in [7, 11) is 1.47. The van der Waals surface area contributed by atoms with E-state index in [1.807, 2.05) is 5.32 Å². The number of carbonyl (C=O) groups excluding carboxylic acids is 1. The van der Waals surface area contributed by atoms with Crippen molar-refractivity contribution in [3.63, 3.8) is 0 Å². The molecule has 2 unspecified atom stereocenters. The first kappa shape index (κ1) is 24.1. The van der Waals surface area contributed by atoms with Crippen LogP contribution >= 0.6 is 0 Å². The lowest BCUT2D eigenvalue weighted by Gasteiger charge is -2.27. The first-order valence-corrected chi connectivity index (χ1v) is 10.6. The van der Waals surface area contributed by atoms with Gasteiger partial charge in [-0.25, -0.2) is 9.07 Å². The third kappa shape index (κ3) is 5.37. The molecule has 0 aliphatic carbocycles. The zero-order chi connectivity index (χ0) is 25.2. The maximum absolute atomic E-state index is 13.3. The summed E-state index contributed by atoms with van der Waals surface area (Å²) in [5.74, 6) is -1.58. The van der Waals surface area contributed by atoms with E-state index in [1.165, 1.54) is 26.2 Å². The summed E-state index contributed by atoms with van der Waals surface area (Å²) in [5.41, 5.74) is 1.90. The summed E-state index contributed by atoms with van der Waals surface area (Å²) in [6.07, 6.45) is -4.39. The number of carbonyl (C=O) groups is 1. The number of halogens is 4. The highest BCUT2D eigenvalue weighted by Gasteiger charge is 2.40. The molecule has 0 fully saturated rings. The minimum absolute atomic E-state index is 0.358.